The van der Waals surface area contributed by atoms with Gasteiger partial charge in [-0.1, -0.05) is 0 Å². The summed E-state index contributed by atoms with van der Waals surface area (Å²) in [7, 11) is 1.61. The summed E-state index contributed by atoms with van der Waals surface area (Å²) in [6, 6.07) is 6.11. The largest absolute Gasteiger partial charge is 0.495 e. The van der Waals surface area contributed by atoms with Crippen LogP contribution in [0, 0.1) is 18.3 Å². The lowest BCUT2D eigenvalue weighted by atomic mass is 10.0. The Hall–Kier alpha value is -1.56. The van der Waals surface area contributed by atoms with Crippen molar-refractivity contribution in [3.63, 3.8) is 0 Å². The summed E-state index contributed by atoms with van der Waals surface area (Å²) < 4.78 is 5.21. The number of aromatic nitrogens is 1. The van der Waals surface area contributed by atoms with Crippen LogP contribution in [0.15, 0.2) is 12.1 Å². The van der Waals surface area contributed by atoms with Gasteiger partial charge < -0.3 is 4.74 Å². The summed E-state index contributed by atoms with van der Waals surface area (Å²) in [6.07, 6.45) is 1.80. The van der Waals surface area contributed by atoms with Gasteiger partial charge in [0.15, 0.2) is 0 Å². The lowest BCUT2D eigenvalue weighted by Crippen LogP contribution is -2.09. The molecule has 0 bridgehead atoms. The van der Waals surface area contributed by atoms with Crippen molar-refractivity contribution in [1.29, 1.82) is 5.26 Å². The molecule has 0 atom stereocenters. The Bertz CT molecular complexity index is 402. The maximum Gasteiger partial charge on any atom is 0.142 e. The number of rotatable bonds is 2. The predicted octanol–water partition coefficient (Wildman–Crippen LogP) is 1.95. The second-order valence-electron chi connectivity index (χ2n) is 3.70. The molecule has 1 heterocycles. The summed E-state index contributed by atoms with van der Waals surface area (Å²) in [4.78, 5) is 4.40. The van der Waals surface area contributed by atoms with Gasteiger partial charge in [0.05, 0.1) is 13.2 Å². The third-order valence-corrected chi connectivity index (χ3v) is 2.63. The molecule has 0 amide bonds. The van der Waals surface area contributed by atoms with Gasteiger partial charge in [0, 0.05) is 5.69 Å². The zero-order chi connectivity index (χ0) is 10.2. The van der Waals surface area contributed by atoms with Crippen molar-refractivity contribution in [2.75, 3.05) is 7.11 Å². The number of methoxy groups -OCH3 is 1. The second kappa shape index (κ2) is 2.98. The maximum absolute atomic E-state index is 9.08. The molecule has 1 aromatic rings. The fourth-order valence-electron chi connectivity index (χ4n) is 1.58. The predicted molar refractivity (Wildman–Crippen MR) is 52.1 cm³/mol. The van der Waals surface area contributed by atoms with Crippen LogP contribution in [0.25, 0.3) is 0 Å². The van der Waals surface area contributed by atoms with E-state index in [-0.39, 0.29) is 5.41 Å². The van der Waals surface area contributed by atoms with Crippen LogP contribution >= 0.6 is 0 Å². The molecular formula is C11H12N2O. The third kappa shape index (κ3) is 1.24. The number of nitriles is 1. The molecule has 0 saturated heterocycles. The van der Waals surface area contributed by atoms with Crippen molar-refractivity contribution in [2.45, 2.75) is 25.2 Å². The van der Waals surface area contributed by atoms with Gasteiger partial charge in [0.25, 0.3) is 0 Å². The van der Waals surface area contributed by atoms with E-state index in [9.17, 15) is 0 Å². The van der Waals surface area contributed by atoms with Gasteiger partial charge in [-0.25, -0.2) is 0 Å². The molecule has 2 rings (SSSR count). The van der Waals surface area contributed by atoms with E-state index in [1.165, 1.54) is 0 Å². The lowest BCUT2D eigenvalue weighted by Gasteiger charge is -2.11. The van der Waals surface area contributed by atoms with E-state index >= 15 is 0 Å². The van der Waals surface area contributed by atoms with Crippen LogP contribution in [-0.4, -0.2) is 12.1 Å². The Labute approximate surface area is 83.3 Å². The average molecular weight is 188 g/mol. The summed E-state index contributed by atoms with van der Waals surface area (Å²) in [5.74, 6) is 0.731. The third-order valence-electron chi connectivity index (χ3n) is 2.63. The monoisotopic (exact) mass is 188 g/mol. The van der Waals surface area contributed by atoms with E-state index in [4.69, 9.17) is 10.00 Å². The van der Waals surface area contributed by atoms with Crippen molar-refractivity contribution in [2.24, 2.45) is 0 Å². The molecule has 1 saturated carbocycles. The molecule has 0 aromatic carbocycles. The molecule has 1 aliphatic rings. The van der Waals surface area contributed by atoms with Crippen LogP contribution < -0.4 is 4.74 Å². The smallest absolute Gasteiger partial charge is 0.142 e. The van der Waals surface area contributed by atoms with Crippen LogP contribution in [0.3, 0.4) is 0 Å². The van der Waals surface area contributed by atoms with Crippen LogP contribution in [0.5, 0.6) is 5.75 Å². The van der Waals surface area contributed by atoms with Crippen molar-refractivity contribution in [1.82, 2.24) is 4.98 Å². The van der Waals surface area contributed by atoms with Gasteiger partial charge in [0.1, 0.15) is 16.9 Å². The first-order valence-electron chi connectivity index (χ1n) is 4.65. The Morgan fingerprint density at radius 3 is 2.71 bits per heavy atom. The van der Waals surface area contributed by atoms with E-state index in [0.29, 0.717) is 0 Å². The highest BCUT2D eigenvalue weighted by Crippen LogP contribution is 2.49. The highest BCUT2D eigenvalue weighted by molar-refractivity contribution is 5.44. The Kier molecular flexibility index (Phi) is 1.92. The molecule has 1 aromatic heterocycles. The van der Waals surface area contributed by atoms with Gasteiger partial charge in [-0.05, 0) is 31.9 Å². The van der Waals surface area contributed by atoms with Crippen LogP contribution in [0.2, 0.25) is 0 Å². The molecule has 0 aliphatic heterocycles. The summed E-state index contributed by atoms with van der Waals surface area (Å²) in [5, 5.41) is 9.08. The number of pyridine rings is 1. The van der Waals surface area contributed by atoms with E-state index in [2.05, 4.69) is 11.1 Å². The van der Waals surface area contributed by atoms with Crippen LogP contribution in [0.4, 0.5) is 0 Å². The number of nitrogens with zero attached hydrogens (tertiary/aromatic N) is 2. The highest BCUT2D eigenvalue weighted by Gasteiger charge is 2.48. The molecule has 0 radical (unpaired) electrons. The first kappa shape index (κ1) is 9.01. The van der Waals surface area contributed by atoms with Crippen LogP contribution in [0.1, 0.15) is 24.2 Å². The number of hydrogen-bond donors (Lipinski definition) is 0. The number of ether oxygens (including phenoxy) is 1. The molecule has 72 valence electrons. The molecule has 3 nitrogen and oxygen atoms in total. The van der Waals surface area contributed by atoms with Gasteiger partial charge in [0.2, 0.25) is 0 Å². The molecule has 1 fully saturated rings. The van der Waals surface area contributed by atoms with Gasteiger partial charge in [-0.2, -0.15) is 5.26 Å². The van der Waals surface area contributed by atoms with Gasteiger partial charge in [-0.15, -0.1) is 0 Å². The van der Waals surface area contributed by atoms with Gasteiger partial charge >= 0.3 is 0 Å². The average Bonchev–Trinajstić information content (AvgIpc) is 2.98. The van der Waals surface area contributed by atoms with Crippen molar-refractivity contribution < 1.29 is 4.74 Å². The van der Waals surface area contributed by atoms with Crippen molar-refractivity contribution in [3.8, 4) is 11.8 Å². The Balaban J connectivity index is 2.51. The minimum atomic E-state index is -0.364. The lowest BCUT2D eigenvalue weighted by molar-refractivity contribution is 0.404. The highest BCUT2D eigenvalue weighted by atomic mass is 16.5. The minimum Gasteiger partial charge on any atom is -0.495 e. The first-order valence-corrected chi connectivity index (χ1v) is 4.65. The van der Waals surface area contributed by atoms with Crippen molar-refractivity contribution >= 4 is 0 Å². The summed E-state index contributed by atoms with van der Waals surface area (Å²) >= 11 is 0. The molecule has 0 spiro atoms. The van der Waals surface area contributed by atoms with Gasteiger partial charge in [-0.3, -0.25) is 4.98 Å². The standard InChI is InChI=1S/C11H12N2O/c1-8-3-4-9(14-2)10(13-8)11(7-12)5-6-11/h3-4H,5-6H2,1-2H3. The van der Waals surface area contributed by atoms with E-state index in [0.717, 1.165) is 30.0 Å². The molecule has 0 unspecified atom stereocenters. The fourth-order valence-corrected chi connectivity index (χ4v) is 1.58. The molecule has 1 aliphatic carbocycles. The first-order chi connectivity index (χ1) is 6.72. The fraction of sp³-hybridized carbons (Fsp3) is 0.455. The normalized spacial score (nSPS) is 17.2. The number of aryl methyl sites for hydroxylation is 1. The topological polar surface area (TPSA) is 45.9 Å². The second-order valence-corrected chi connectivity index (χ2v) is 3.70. The Morgan fingerprint density at radius 1 is 1.50 bits per heavy atom. The zero-order valence-electron chi connectivity index (χ0n) is 8.37. The quantitative estimate of drug-likeness (QED) is 0.712. The summed E-state index contributed by atoms with van der Waals surface area (Å²) in [5.41, 5.74) is 1.38. The molecular weight excluding hydrogens is 176 g/mol. The number of hydrogen-bond acceptors (Lipinski definition) is 3. The van der Waals surface area contributed by atoms with E-state index < -0.39 is 0 Å². The SMILES string of the molecule is COc1ccc(C)nc1C1(C#N)CC1. The van der Waals surface area contributed by atoms with Crippen LogP contribution in [-0.2, 0) is 5.41 Å². The summed E-state index contributed by atoms with van der Waals surface area (Å²) in [6.45, 7) is 1.93. The van der Waals surface area contributed by atoms with E-state index in [1.54, 1.807) is 7.11 Å². The molecule has 3 heteroatoms. The minimum absolute atomic E-state index is 0.364. The van der Waals surface area contributed by atoms with E-state index in [1.807, 2.05) is 19.1 Å². The zero-order valence-corrected chi connectivity index (χ0v) is 8.37. The molecule has 14 heavy (non-hydrogen) atoms. The van der Waals surface area contributed by atoms with Crippen molar-refractivity contribution in [3.05, 3.63) is 23.5 Å². The molecule has 0 N–H and O–H groups in total. The maximum atomic E-state index is 9.08. The Morgan fingerprint density at radius 2 is 2.21 bits per heavy atom.